The standard InChI is InChI=1S/C8H14N4OS/c1-5(4-14-2)11-8(13)7-6(9)3-10-12-7/h3,5H,4,9H2,1-2H3,(H,10,12)(H,11,13). The molecule has 0 aliphatic carbocycles. The SMILES string of the molecule is CSCC(C)NC(=O)c1[nH]ncc1N. The number of hydrogen-bond donors (Lipinski definition) is 3. The average Bonchev–Trinajstić information content (AvgIpc) is 2.51. The van der Waals surface area contributed by atoms with E-state index in [2.05, 4.69) is 15.5 Å². The van der Waals surface area contributed by atoms with Crippen LogP contribution in [0.25, 0.3) is 0 Å². The minimum atomic E-state index is -0.207. The number of carbonyl (C=O) groups is 1. The second kappa shape index (κ2) is 4.90. The first-order chi connectivity index (χ1) is 6.65. The number of nitrogens with one attached hydrogen (secondary N) is 2. The molecule has 0 aliphatic rings. The third-order valence-corrected chi connectivity index (χ3v) is 2.52. The summed E-state index contributed by atoms with van der Waals surface area (Å²) in [5, 5.41) is 9.05. The largest absolute Gasteiger partial charge is 0.396 e. The highest BCUT2D eigenvalue weighted by molar-refractivity contribution is 7.98. The molecule has 6 heteroatoms. The van der Waals surface area contributed by atoms with Gasteiger partial charge in [-0.25, -0.2) is 0 Å². The molecule has 1 rings (SSSR count). The lowest BCUT2D eigenvalue weighted by Gasteiger charge is -2.11. The Hall–Kier alpha value is -1.17. The van der Waals surface area contributed by atoms with Crippen molar-refractivity contribution in [2.45, 2.75) is 13.0 Å². The van der Waals surface area contributed by atoms with Gasteiger partial charge in [-0.15, -0.1) is 0 Å². The Balaban J connectivity index is 2.55. The molecule has 78 valence electrons. The van der Waals surface area contributed by atoms with Crippen molar-refractivity contribution in [3.63, 3.8) is 0 Å². The zero-order valence-electron chi connectivity index (χ0n) is 8.20. The van der Waals surface area contributed by atoms with Gasteiger partial charge < -0.3 is 11.1 Å². The number of nitrogens with two attached hydrogens (primary N) is 1. The Kier molecular flexibility index (Phi) is 3.82. The number of aromatic nitrogens is 2. The maximum Gasteiger partial charge on any atom is 0.271 e. The maximum absolute atomic E-state index is 11.5. The highest BCUT2D eigenvalue weighted by atomic mass is 32.2. The van der Waals surface area contributed by atoms with Crippen LogP contribution in [0, 0.1) is 0 Å². The molecule has 1 aromatic heterocycles. The Morgan fingerprint density at radius 3 is 3.07 bits per heavy atom. The number of nitrogens with zero attached hydrogens (tertiary/aromatic N) is 1. The number of rotatable bonds is 4. The summed E-state index contributed by atoms with van der Waals surface area (Å²) in [6, 6.07) is 0.125. The first-order valence-corrected chi connectivity index (χ1v) is 5.63. The zero-order valence-corrected chi connectivity index (χ0v) is 9.02. The van der Waals surface area contributed by atoms with E-state index >= 15 is 0 Å². The van der Waals surface area contributed by atoms with Crippen LogP contribution in [0.1, 0.15) is 17.4 Å². The van der Waals surface area contributed by atoms with Crippen molar-refractivity contribution in [3.05, 3.63) is 11.9 Å². The van der Waals surface area contributed by atoms with E-state index in [0.717, 1.165) is 5.75 Å². The van der Waals surface area contributed by atoms with E-state index in [1.807, 2.05) is 13.2 Å². The van der Waals surface area contributed by atoms with Crippen molar-refractivity contribution in [1.82, 2.24) is 15.5 Å². The van der Waals surface area contributed by atoms with Crippen molar-refractivity contribution in [3.8, 4) is 0 Å². The molecule has 0 radical (unpaired) electrons. The fourth-order valence-electron chi connectivity index (χ4n) is 1.06. The van der Waals surface area contributed by atoms with Crippen LogP contribution in [0.5, 0.6) is 0 Å². The second-order valence-electron chi connectivity index (χ2n) is 3.03. The van der Waals surface area contributed by atoms with Gasteiger partial charge in [-0.1, -0.05) is 0 Å². The van der Waals surface area contributed by atoms with Crippen LogP contribution in [0.3, 0.4) is 0 Å². The van der Waals surface area contributed by atoms with Crippen LogP contribution in [-0.4, -0.2) is 34.2 Å². The predicted molar refractivity (Wildman–Crippen MR) is 58.3 cm³/mol. The Morgan fingerprint density at radius 1 is 1.86 bits per heavy atom. The van der Waals surface area contributed by atoms with E-state index in [9.17, 15) is 4.79 Å². The average molecular weight is 214 g/mol. The van der Waals surface area contributed by atoms with Crippen molar-refractivity contribution >= 4 is 23.4 Å². The molecule has 1 atom stereocenters. The first kappa shape index (κ1) is 10.9. The number of carbonyl (C=O) groups excluding carboxylic acids is 1. The Labute approximate surface area is 86.8 Å². The fraction of sp³-hybridized carbons (Fsp3) is 0.500. The van der Waals surface area contributed by atoms with E-state index in [1.165, 1.54) is 6.20 Å². The lowest BCUT2D eigenvalue weighted by Crippen LogP contribution is -2.34. The van der Waals surface area contributed by atoms with Crippen molar-refractivity contribution in [2.75, 3.05) is 17.7 Å². The third kappa shape index (κ3) is 2.66. The Bertz CT molecular complexity index is 312. The lowest BCUT2D eigenvalue weighted by molar-refractivity contribution is 0.0939. The number of amides is 1. The van der Waals surface area contributed by atoms with Crippen molar-refractivity contribution in [1.29, 1.82) is 0 Å². The summed E-state index contributed by atoms with van der Waals surface area (Å²) < 4.78 is 0. The molecular weight excluding hydrogens is 200 g/mol. The maximum atomic E-state index is 11.5. The summed E-state index contributed by atoms with van der Waals surface area (Å²) in [6.45, 7) is 1.95. The highest BCUT2D eigenvalue weighted by Crippen LogP contribution is 2.06. The van der Waals surface area contributed by atoms with E-state index in [1.54, 1.807) is 11.8 Å². The number of H-pyrrole nitrogens is 1. The number of thioether (sulfide) groups is 1. The van der Waals surface area contributed by atoms with Gasteiger partial charge in [0.25, 0.3) is 5.91 Å². The van der Waals surface area contributed by atoms with Crippen molar-refractivity contribution in [2.24, 2.45) is 0 Å². The van der Waals surface area contributed by atoms with Gasteiger partial charge in [0.05, 0.1) is 11.9 Å². The molecule has 1 unspecified atom stereocenters. The quantitative estimate of drug-likeness (QED) is 0.680. The minimum absolute atomic E-state index is 0.125. The van der Waals surface area contributed by atoms with Crippen LogP contribution >= 0.6 is 11.8 Å². The highest BCUT2D eigenvalue weighted by Gasteiger charge is 2.13. The normalized spacial score (nSPS) is 12.4. The number of anilines is 1. The molecular formula is C8H14N4OS. The Morgan fingerprint density at radius 2 is 2.57 bits per heavy atom. The summed E-state index contributed by atoms with van der Waals surface area (Å²) >= 11 is 1.68. The molecule has 1 amide bonds. The molecule has 1 heterocycles. The van der Waals surface area contributed by atoms with Gasteiger partial charge in [0, 0.05) is 11.8 Å². The predicted octanol–water partition coefficient (Wildman–Crippen LogP) is 0.473. The third-order valence-electron chi connectivity index (χ3n) is 1.69. The number of aromatic amines is 1. The van der Waals surface area contributed by atoms with Gasteiger partial charge in [-0.3, -0.25) is 9.89 Å². The van der Waals surface area contributed by atoms with Gasteiger partial charge in [0.2, 0.25) is 0 Å². The molecule has 0 bridgehead atoms. The molecule has 14 heavy (non-hydrogen) atoms. The molecule has 0 saturated heterocycles. The lowest BCUT2D eigenvalue weighted by atomic mass is 10.3. The van der Waals surface area contributed by atoms with Crippen LogP contribution in [0.15, 0.2) is 6.20 Å². The second-order valence-corrected chi connectivity index (χ2v) is 3.94. The van der Waals surface area contributed by atoms with Gasteiger partial charge in [-0.05, 0) is 13.2 Å². The van der Waals surface area contributed by atoms with E-state index in [4.69, 9.17) is 5.73 Å². The minimum Gasteiger partial charge on any atom is -0.396 e. The van der Waals surface area contributed by atoms with Crippen LogP contribution in [0.2, 0.25) is 0 Å². The molecule has 4 N–H and O–H groups in total. The summed E-state index contributed by atoms with van der Waals surface area (Å²) in [5.41, 5.74) is 6.24. The molecule has 1 aromatic rings. The van der Waals surface area contributed by atoms with Crippen molar-refractivity contribution < 1.29 is 4.79 Å². The van der Waals surface area contributed by atoms with E-state index in [-0.39, 0.29) is 11.9 Å². The van der Waals surface area contributed by atoms with Crippen LogP contribution in [0.4, 0.5) is 5.69 Å². The zero-order chi connectivity index (χ0) is 10.6. The molecule has 0 aliphatic heterocycles. The van der Waals surface area contributed by atoms with Crippen LogP contribution < -0.4 is 11.1 Å². The number of hydrogen-bond acceptors (Lipinski definition) is 4. The molecule has 0 aromatic carbocycles. The van der Waals surface area contributed by atoms with E-state index < -0.39 is 0 Å². The van der Waals surface area contributed by atoms with Gasteiger partial charge in [0.1, 0.15) is 5.69 Å². The smallest absolute Gasteiger partial charge is 0.271 e. The van der Waals surface area contributed by atoms with E-state index in [0.29, 0.717) is 11.4 Å². The van der Waals surface area contributed by atoms with Gasteiger partial charge >= 0.3 is 0 Å². The number of nitrogen functional groups attached to an aromatic ring is 1. The van der Waals surface area contributed by atoms with Gasteiger partial charge in [-0.2, -0.15) is 16.9 Å². The topological polar surface area (TPSA) is 83.8 Å². The molecule has 0 fully saturated rings. The van der Waals surface area contributed by atoms with Crippen LogP contribution in [-0.2, 0) is 0 Å². The van der Waals surface area contributed by atoms with Gasteiger partial charge in [0.15, 0.2) is 0 Å². The molecule has 5 nitrogen and oxygen atoms in total. The monoisotopic (exact) mass is 214 g/mol. The fourth-order valence-corrected chi connectivity index (χ4v) is 1.65. The first-order valence-electron chi connectivity index (χ1n) is 4.23. The summed E-state index contributed by atoms with van der Waals surface area (Å²) in [7, 11) is 0. The summed E-state index contributed by atoms with van der Waals surface area (Å²) in [4.78, 5) is 11.5. The summed E-state index contributed by atoms with van der Waals surface area (Å²) in [5.74, 6) is 0.668. The molecule has 0 spiro atoms. The molecule has 0 saturated carbocycles. The summed E-state index contributed by atoms with van der Waals surface area (Å²) in [6.07, 6.45) is 3.42.